The van der Waals surface area contributed by atoms with Crippen molar-refractivity contribution in [2.75, 3.05) is 6.54 Å². The normalized spacial score (nSPS) is 41.4. The Labute approximate surface area is 83.0 Å². The molecule has 0 aromatic rings. The third-order valence-electron chi connectivity index (χ3n) is 3.53. The zero-order chi connectivity index (χ0) is 10.3. The van der Waals surface area contributed by atoms with E-state index in [1.807, 2.05) is 0 Å². The molecule has 0 aromatic heterocycles. The fraction of sp³-hybridized carbons (Fsp3) is 0.889. The third kappa shape index (κ3) is 1.36. The van der Waals surface area contributed by atoms with E-state index < -0.39 is 6.09 Å². The molecule has 2 atom stereocenters. The second-order valence-electron chi connectivity index (χ2n) is 4.55. The molecule has 5 nitrogen and oxygen atoms in total. The van der Waals surface area contributed by atoms with Gasteiger partial charge in [-0.05, 0) is 25.7 Å². The summed E-state index contributed by atoms with van der Waals surface area (Å²) in [6.45, 7) is 0.452. The van der Waals surface area contributed by atoms with Crippen LogP contribution in [0.15, 0.2) is 0 Å². The quantitative estimate of drug-likeness (QED) is 0.552. The second kappa shape index (κ2) is 3.10. The fourth-order valence-electron chi connectivity index (χ4n) is 2.86. The van der Waals surface area contributed by atoms with Gasteiger partial charge in [0, 0.05) is 24.2 Å². The molecule has 2 saturated heterocycles. The predicted octanol–water partition coefficient (Wildman–Crippen LogP) is -0.0526. The summed E-state index contributed by atoms with van der Waals surface area (Å²) in [4.78, 5) is 12.5. The zero-order valence-electron chi connectivity index (χ0n) is 8.15. The van der Waals surface area contributed by atoms with Crippen LogP contribution in [0.5, 0.6) is 0 Å². The molecule has 5 N–H and O–H groups in total. The van der Waals surface area contributed by atoms with E-state index in [0.717, 1.165) is 12.8 Å². The van der Waals surface area contributed by atoms with E-state index in [0.29, 0.717) is 19.4 Å². The maximum absolute atomic E-state index is 11.0. The lowest BCUT2D eigenvalue weighted by atomic mass is 9.84. The molecule has 2 bridgehead atoms. The summed E-state index contributed by atoms with van der Waals surface area (Å²) in [5.74, 6) is 0. The van der Waals surface area contributed by atoms with Gasteiger partial charge in [-0.15, -0.1) is 0 Å². The topological polar surface area (TPSA) is 92.6 Å². The van der Waals surface area contributed by atoms with Crippen molar-refractivity contribution in [2.24, 2.45) is 11.5 Å². The van der Waals surface area contributed by atoms with Crippen LogP contribution in [0, 0.1) is 0 Å². The SMILES string of the molecule is NCC1(N)CC2CCC(C1)N2C(=O)O. The molecule has 80 valence electrons. The van der Waals surface area contributed by atoms with Crippen molar-refractivity contribution >= 4 is 6.09 Å². The van der Waals surface area contributed by atoms with Crippen LogP contribution in [0.2, 0.25) is 0 Å². The van der Waals surface area contributed by atoms with Crippen molar-refractivity contribution in [3.8, 4) is 0 Å². The highest BCUT2D eigenvalue weighted by atomic mass is 16.4. The minimum absolute atomic E-state index is 0.0970. The van der Waals surface area contributed by atoms with Crippen LogP contribution in [0.4, 0.5) is 4.79 Å². The first-order valence-electron chi connectivity index (χ1n) is 5.06. The molecule has 2 aliphatic heterocycles. The van der Waals surface area contributed by atoms with Gasteiger partial charge in [-0.1, -0.05) is 0 Å². The van der Waals surface area contributed by atoms with Crippen LogP contribution < -0.4 is 11.5 Å². The summed E-state index contributed by atoms with van der Waals surface area (Å²) in [5, 5.41) is 9.02. The van der Waals surface area contributed by atoms with E-state index in [1.165, 1.54) is 0 Å². The van der Waals surface area contributed by atoms with Crippen molar-refractivity contribution in [3.05, 3.63) is 0 Å². The molecule has 2 unspecified atom stereocenters. The summed E-state index contributed by atoms with van der Waals surface area (Å²) in [7, 11) is 0. The number of amides is 1. The average Bonchev–Trinajstić information content (AvgIpc) is 2.40. The fourth-order valence-corrected chi connectivity index (χ4v) is 2.86. The number of rotatable bonds is 1. The van der Waals surface area contributed by atoms with Crippen LogP contribution >= 0.6 is 0 Å². The molecule has 0 saturated carbocycles. The molecular formula is C9H17N3O2. The molecule has 5 heteroatoms. The molecule has 1 amide bonds. The zero-order valence-corrected chi connectivity index (χ0v) is 8.15. The van der Waals surface area contributed by atoms with Gasteiger partial charge in [0.25, 0.3) is 0 Å². The highest BCUT2D eigenvalue weighted by Gasteiger charge is 2.47. The van der Waals surface area contributed by atoms with Crippen LogP contribution in [0.1, 0.15) is 25.7 Å². The molecule has 0 spiro atoms. The standard InChI is InChI=1S/C9H17N3O2/c10-5-9(11)3-6-1-2-7(4-9)12(6)8(13)14/h6-7H,1-5,10-11H2,(H,13,14). The lowest BCUT2D eigenvalue weighted by molar-refractivity contribution is 0.0776. The first-order valence-corrected chi connectivity index (χ1v) is 5.06. The van der Waals surface area contributed by atoms with Gasteiger partial charge in [0.1, 0.15) is 0 Å². The van der Waals surface area contributed by atoms with Gasteiger partial charge < -0.3 is 21.5 Å². The van der Waals surface area contributed by atoms with E-state index >= 15 is 0 Å². The Morgan fingerprint density at radius 3 is 2.29 bits per heavy atom. The van der Waals surface area contributed by atoms with Crippen molar-refractivity contribution < 1.29 is 9.90 Å². The Kier molecular flexibility index (Phi) is 2.16. The second-order valence-corrected chi connectivity index (χ2v) is 4.55. The van der Waals surface area contributed by atoms with E-state index in [-0.39, 0.29) is 17.6 Å². The molecule has 2 rings (SSSR count). The molecule has 14 heavy (non-hydrogen) atoms. The van der Waals surface area contributed by atoms with Gasteiger partial charge in [0.15, 0.2) is 0 Å². The predicted molar refractivity (Wildman–Crippen MR) is 51.9 cm³/mol. The molecule has 0 aliphatic carbocycles. The smallest absolute Gasteiger partial charge is 0.407 e. The number of hydrogen-bond acceptors (Lipinski definition) is 3. The average molecular weight is 199 g/mol. The highest BCUT2D eigenvalue weighted by molar-refractivity contribution is 5.66. The minimum Gasteiger partial charge on any atom is -0.465 e. The number of nitrogens with zero attached hydrogens (tertiary/aromatic N) is 1. The van der Waals surface area contributed by atoms with Crippen LogP contribution in [-0.2, 0) is 0 Å². The Bertz CT molecular complexity index is 242. The van der Waals surface area contributed by atoms with Crippen molar-refractivity contribution in [1.29, 1.82) is 0 Å². The lowest BCUT2D eigenvalue weighted by Crippen LogP contribution is -2.59. The summed E-state index contributed by atoms with van der Waals surface area (Å²) in [6, 6.07) is 0.194. The van der Waals surface area contributed by atoms with Crippen LogP contribution in [-0.4, -0.2) is 40.3 Å². The van der Waals surface area contributed by atoms with Crippen LogP contribution in [0.25, 0.3) is 0 Å². The van der Waals surface area contributed by atoms with Crippen LogP contribution in [0.3, 0.4) is 0 Å². The van der Waals surface area contributed by atoms with Gasteiger partial charge >= 0.3 is 6.09 Å². The van der Waals surface area contributed by atoms with Crippen molar-refractivity contribution in [1.82, 2.24) is 4.90 Å². The summed E-state index contributed by atoms with van der Waals surface area (Å²) < 4.78 is 0. The number of hydrogen-bond donors (Lipinski definition) is 3. The monoisotopic (exact) mass is 199 g/mol. The molecule has 2 heterocycles. The Hall–Kier alpha value is -0.810. The summed E-state index contributed by atoms with van der Waals surface area (Å²) in [5.41, 5.74) is 11.4. The number of fused-ring (bicyclic) bond motifs is 2. The molecule has 2 aliphatic rings. The minimum atomic E-state index is -0.809. The summed E-state index contributed by atoms with van der Waals surface area (Å²) in [6.07, 6.45) is 2.50. The van der Waals surface area contributed by atoms with Gasteiger partial charge in [-0.2, -0.15) is 0 Å². The Morgan fingerprint density at radius 1 is 1.43 bits per heavy atom. The van der Waals surface area contributed by atoms with Crippen molar-refractivity contribution in [3.63, 3.8) is 0 Å². The molecule has 2 fully saturated rings. The van der Waals surface area contributed by atoms with Gasteiger partial charge in [0.2, 0.25) is 0 Å². The molecule has 0 aromatic carbocycles. The van der Waals surface area contributed by atoms with E-state index in [2.05, 4.69) is 0 Å². The largest absolute Gasteiger partial charge is 0.465 e. The first-order chi connectivity index (χ1) is 6.56. The number of carboxylic acid groups (broad SMARTS) is 1. The number of piperidine rings is 1. The van der Waals surface area contributed by atoms with E-state index in [9.17, 15) is 4.79 Å². The molecular weight excluding hydrogens is 182 g/mol. The number of carbonyl (C=O) groups is 1. The summed E-state index contributed by atoms with van der Waals surface area (Å²) >= 11 is 0. The number of nitrogens with two attached hydrogens (primary N) is 2. The van der Waals surface area contributed by atoms with E-state index in [4.69, 9.17) is 16.6 Å². The lowest BCUT2D eigenvalue weighted by Gasteiger charge is -2.42. The first kappa shape index (κ1) is 9.73. The maximum Gasteiger partial charge on any atom is 0.407 e. The van der Waals surface area contributed by atoms with Gasteiger partial charge in [-0.25, -0.2) is 4.79 Å². The van der Waals surface area contributed by atoms with Crippen molar-refractivity contribution in [2.45, 2.75) is 43.3 Å². The van der Waals surface area contributed by atoms with E-state index in [1.54, 1.807) is 4.90 Å². The highest BCUT2D eigenvalue weighted by Crippen LogP contribution is 2.39. The Balaban J connectivity index is 2.16. The maximum atomic E-state index is 11.0. The third-order valence-corrected chi connectivity index (χ3v) is 3.53. The Morgan fingerprint density at radius 2 is 1.93 bits per heavy atom. The van der Waals surface area contributed by atoms with Gasteiger partial charge in [-0.3, -0.25) is 0 Å². The van der Waals surface area contributed by atoms with Gasteiger partial charge in [0.05, 0.1) is 0 Å². The molecule has 0 radical (unpaired) electrons.